The van der Waals surface area contributed by atoms with Crippen LogP contribution in [-0.2, 0) is 0 Å². The molecule has 0 spiro atoms. The number of amides is 1. The second-order valence-electron chi connectivity index (χ2n) is 4.78. The van der Waals surface area contributed by atoms with Crippen molar-refractivity contribution < 1.29 is 9.90 Å². The molecule has 0 radical (unpaired) electrons. The summed E-state index contributed by atoms with van der Waals surface area (Å²) in [6.07, 6.45) is 3.72. The summed E-state index contributed by atoms with van der Waals surface area (Å²) in [5.41, 5.74) is 5.84. The van der Waals surface area contributed by atoms with Crippen molar-refractivity contribution in [2.45, 2.75) is 39.5 Å². The molecule has 1 aromatic rings. The Labute approximate surface area is 130 Å². The maximum Gasteiger partial charge on any atom is 0.265 e. The average Bonchev–Trinajstić information content (AvgIpc) is 2.86. The van der Waals surface area contributed by atoms with Crippen LogP contribution in [0.1, 0.15) is 49.2 Å². The van der Waals surface area contributed by atoms with Crippen molar-refractivity contribution in [2.75, 3.05) is 36.9 Å². The van der Waals surface area contributed by atoms with E-state index in [-0.39, 0.29) is 12.5 Å². The van der Waals surface area contributed by atoms with Crippen LogP contribution in [-0.4, -0.2) is 42.2 Å². The van der Waals surface area contributed by atoms with Crippen LogP contribution >= 0.6 is 11.3 Å². The Balaban J connectivity index is 2.47. The third-order valence-corrected chi connectivity index (χ3v) is 4.38. The fraction of sp³-hybridized carbons (Fsp3) is 0.714. The number of aliphatic hydroxyl groups is 1. The van der Waals surface area contributed by atoms with E-state index in [1.54, 1.807) is 0 Å². The number of nitrogens with zero attached hydrogens (tertiary/aromatic N) is 2. The Bertz CT molecular complexity index is 433. The highest BCUT2D eigenvalue weighted by molar-refractivity contribution is 7.18. The maximum absolute atomic E-state index is 12.1. The first-order chi connectivity index (χ1) is 10.1. The molecule has 120 valence electrons. The van der Waals surface area contributed by atoms with Crippen LogP contribution in [0.5, 0.6) is 0 Å². The number of thiazole rings is 1. The van der Waals surface area contributed by atoms with Crippen molar-refractivity contribution in [3.63, 3.8) is 0 Å². The van der Waals surface area contributed by atoms with Crippen LogP contribution in [0.15, 0.2) is 0 Å². The molecule has 0 saturated carbocycles. The van der Waals surface area contributed by atoms with Crippen molar-refractivity contribution in [2.24, 2.45) is 0 Å². The molecule has 0 fully saturated rings. The summed E-state index contributed by atoms with van der Waals surface area (Å²) in [5.74, 6) is 0.158. The molecule has 0 aliphatic rings. The fourth-order valence-corrected chi connectivity index (χ4v) is 3.01. The number of nitrogen functional groups attached to an aromatic ring is 1. The predicted octanol–water partition coefficient (Wildman–Crippen LogP) is 1.85. The van der Waals surface area contributed by atoms with Gasteiger partial charge >= 0.3 is 0 Å². The number of hydrogen-bond acceptors (Lipinski definition) is 6. The third kappa shape index (κ3) is 5.51. The van der Waals surface area contributed by atoms with E-state index in [0.29, 0.717) is 17.2 Å². The lowest BCUT2D eigenvalue weighted by Gasteiger charge is -2.16. The molecule has 4 N–H and O–H groups in total. The average molecular weight is 314 g/mol. The summed E-state index contributed by atoms with van der Waals surface area (Å²) in [7, 11) is 0. The van der Waals surface area contributed by atoms with E-state index in [0.717, 1.165) is 43.9 Å². The molecule has 0 atom stereocenters. The second-order valence-corrected chi connectivity index (χ2v) is 5.75. The van der Waals surface area contributed by atoms with E-state index >= 15 is 0 Å². The second kappa shape index (κ2) is 9.57. The number of unbranched alkanes of at least 4 members (excludes halogenated alkanes) is 3. The number of carbonyl (C=O) groups is 1. The molecule has 21 heavy (non-hydrogen) atoms. The van der Waals surface area contributed by atoms with E-state index in [4.69, 9.17) is 10.8 Å². The fourth-order valence-electron chi connectivity index (χ4n) is 1.98. The first-order valence-corrected chi connectivity index (χ1v) is 8.35. The Morgan fingerprint density at radius 1 is 1.29 bits per heavy atom. The Kier molecular flexibility index (Phi) is 8.07. The van der Waals surface area contributed by atoms with Crippen LogP contribution in [0.2, 0.25) is 0 Å². The number of carbonyl (C=O) groups excluding carboxylic acids is 1. The summed E-state index contributed by atoms with van der Waals surface area (Å²) in [4.78, 5) is 18.9. The van der Waals surface area contributed by atoms with Crippen molar-refractivity contribution in [1.82, 2.24) is 10.3 Å². The van der Waals surface area contributed by atoms with Gasteiger partial charge < -0.3 is 21.1 Å². The number of aromatic nitrogens is 1. The molecule has 0 aliphatic heterocycles. The van der Waals surface area contributed by atoms with Crippen molar-refractivity contribution in [3.05, 3.63) is 4.88 Å². The van der Waals surface area contributed by atoms with Gasteiger partial charge in [0.15, 0.2) is 5.13 Å². The minimum atomic E-state index is -0.148. The zero-order chi connectivity index (χ0) is 15.7. The minimum absolute atomic E-state index is 0.148. The van der Waals surface area contributed by atoms with Gasteiger partial charge in [-0.1, -0.05) is 24.2 Å². The number of aliphatic hydroxyl groups excluding tert-OH is 1. The van der Waals surface area contributed by atoms with E-state index in [9.17, 15) is 4.79 Å². The highest BCUT2D eigenvalue weighted by Gasteiger charge is 2.18. The molecule has 0 bridgehead atoms. The Hall–Kier alpha value is -1.34. The standard InChI is InChI=1S/C14H26N4O2S/c1-3-18(4-2)14-17-12(15)11(21-14)13(20)16-9-7-5-6-8-10-19/h19H,3-10,15H2,1-2H3,(H,16,20). The molecule has 7 heteroatoms. The van der Waals surface area contributed by atoms with Gasteiger partial charge in [-0.15, -0.1) is 0 Å². The molecule has 0 aromatic carbocycles. The van der Waals surface area contributed by atoms with E-state index < -0.39 is 0 Å². The predicted molar refractivity (Wildman–Crippen MR) is 88.0 cm³/mol. The Morgan fingerprint density at radius 2 is 1.95 bits per heavy atom. The number of nitrogens with two attached hydrogens (primary N) is 1. The monoisotopic (exact) mass is 314 g/mol. The third-order valence-electron chi connectivity index (χ3n) is 3.25. The molecule has 1 heterocycles. The lowest BCUT2D eigenvalue weighted by atomic mass is 10.2. The van der Waals surface area contributed by atoms with Crippen molar-refractivity contribution in [1.29, 1.82) is 0 Å². The minimum Gasteiger partial charge on any atom is -0.396 e. The summed E-state index contributed by atoms with van der Waals surface area (Å²) in [5, 5.41) is 12.4. The van der Waals surface area contributed by atoms with Crippen LogP contribution < -0.4 is 16.0 Å². The maximum atomic E-state index is 12.1. The van der Waals surface area contributed by atoms with Crippen LogP contribution in [0.4, 0.5) is 10.9 Å². The van der Waals surface area contributed by atoms with Crippen LogP contribution in [0, 0.1) is 0 Å². The normalized spacial score (nSPS) is 10.6. The van der Waals surface area contributed by atoms with Gasteiger partial charge in [0, 0.05) is 26.2 Å². The largest absolute Gasteiger partial charge is 0.396 e. The smallest absolute Gasteiger partial charge is 0.265 e. The molecular formula is C14H26N4O2S. The molecule has 6 nitrogen and oxygen atoms in total. The quantitative estimate of drug-likeness (QED) is 0.573. The zero-order valence-corrected chi connectivity index (χ0v) is 13.7. The molecule has 0 aliphatic carbocycles. The molecule has 1 rings (SSSR count). The SMILES string of the molecule is CCN(CC)c1nc(N)c(C(=O)NCCCCCCO)s1. The van der Waals surface area contributed by atoms with Gasteiger partial charge in [-0.25, -0.2) is 4.98 Å². The summed E-state index contributed by atoms with van der Waals surface area (Å²) in [6, 6.07) is 0. The van der Waals surface area contributed by atoms with Gasteiger partial charge in [-0.3, -0.25) is 4.79 Å². The van der Waals surface area contributed by atoms with Gasteiger partial charge in [0.1, 0.15) is 10.7 Å². The van der Waals surface area contributed by atoms with Gasteiger partial charge in [-0.05, 0) is 26.7 Å². The first-order valence-electron chi connectivity index (χ1n) is 7.54. The Morgan fingerprint density at radius 3 is 2.57 bits per heavy atom. The van der Waals surface area contributed by atoms with Gasteiger partial charge in [0.25, 0.3) is 5.91 Å². The highest BCUT2D eigenvalue weighted by Crippen LogP contribution is 2.27. The zero-order valence-electron chi connectivity index (χ0n) is 12.9. The number of nitrogens with one attached hydrogen (secondary N) is 1. The molecule has 1 amide bonds. The lowest BCUT2D eigenvalue weighted by molar-refractivity contribution is 0.0957. The van der Waals surface area contributed by atoms with Gasteiger partial charge in [0.05, 0.1) is 0 Å². The molecule has 0 saturated heterocycles. The van der Waals surface area contributed by atoms with Crippen LogP contribution in [0.25, 0.3) is 0 Å². The number of hydrogen-bond donors (Lipinski definition) is 3. The summed E-state index contributed by atoms with van der Waals surface area (Å²) in [6.45, 7) is 6.64. The summed E-state index contributed by atoms with van der Waals surface area (Å²) < 4.78 is 0. The van der Waals surface area contributed by atoms with Crippen molar-refractivity contribution in [3.8, 4) is 0 Å². The molecular weight excluding hydrogens is 288 g/mol. The summed E-state index contributed by atoms with van der Waals surface area (Å²) >= 11 is 1.34. The lowest BCUT2D eigenvalue weighted by Crippen LogP contribution is -2.24. The van der Waals surface area contributed by atoms with Gasteiger partial charge in [-0.2, -0.15) is 0 Å². The number of anilines is 2. The highest BCUT2D eigenvalue weighted by atomic mass is 32.1. The topological polar surface area (TPSA) is 91.5 Å². The molecule has 1 aromatic heterocycles. The number of rotatable bonds is 10. The van der Waals surface area contributed by atoms with Crippen LogP contribution in [0.3, 0.4) is 0 Å². The van der Waals surface area contributed by atoms with Crippen molar-refractivity contribution >= 4 is 28.2 Å². The first kappa shape index (κ1) is 17.7. The van der Waals surface area contributed by atoms with E-state index in [1.807, 2.05) is 13.8 Å². The molecule has 0 unspecified atom stereocenters. The van der Waals surface area contributed by atoms with Gasteiger partial charge in [0.2, 0.25) is 0 Å². The van der Waals surface area contributed by atoms with E-state index in [1.165, 1.54) is 11.3 Å². The van der Waals surface area contributed by atoms with E-state index in [2.05, 4.69) is 15.2 Å².